The van der Waals surface area contributed by atoms with E-state index < -0.39 is 0 Å². The Balaban J connectivity index is -0.000000149. The lowest BCUT2D eigenvalue weighted by Crippen LogP contribution is -2.14. The minimum absolute atomic E-state index is 0. The van der Waals surface area contributed by atoms with Crippen LogP contribution >= 0.6 is 0 Å². The highest BCUT2D eigenvalue weighted by atomic mass is 24.4. The fourth-order valence-electron chi connectivity index (χ4n) is 0.158. The van der Waals surface area contributed by atoms with Crippen molar-refractivity contribution in [3.63, 3.8) is 0 Å². The van der Waals surface area contributed by atoms with Gasteiger partial charge in [0.25, 0.3) is 5.05 Å². The van der Waals surface area contributed by atoms with Crippen LogP contribution in [0, 0.1) is 0 Å². The predicted molar refractivity (Wildman–Crippen MR) is 46.4 cm³/mol. The number of hydrogen-bond acceptors (Lipinski definition) is 0. The van der Waals surface area contributed by atoms with Gasteiger partial charge in [-0.25, -0.2) is 0 Å². The summed E-state index contributed by atoms with van der Waals surface area (Å²) in [4.78, 5) is 0. The smallest absolute Gasteiger partial charge is 1.00 e. The summed E-state index contributed by atoms with van der Waals surface area (Å²) in [5.41, 5.74) is 0.208. The maximum Gasteiger partial charge on any atom is 1.41 e. The molecule has 0 rings (SSSR count). The molecule has 0 aliphatic carbocycles. The van der Waals surface area contributed by atoms with Crippen molar-refractivity contribution in [1.29, 1.82) is 0 Å². The molecular weight excluding hydrogens is 122 g/mol. The molecule has 0 bridgehead atoms. The summed E-state index contributed by atoms with van der Waals surface area (Å²) in [6.07, 6.45) is 1.13. The van der Waals surface area contributed by atoms with Crippen LogP contribution in [0.5, 0.6) is 0 Å². The van der Waals surface area contributed by atoms with Gasteiger partial charge in [-0.05, 0) is 0 Å². The second-order valence-corrected chi connectivity index (χ2v) is 2.39. The van der Waals surface area contributed by atoms with Crippen molar-refractivity contribution in [1.82, 2.24) is 0 Å². The van der Waals surface area contributed by atoms with Crippen LogP contribution in [0.25, 0.3) is 5.32 Å². The zero-order valence-electron chi connectivity index (χ0n) is 8.36. The quantitative estimate of drug-likeness (QED) is 0.524. The highest BCUT2D eigenvalue weighted by Crippen LogP contribution is 2.15. The molecule has 2 heteroatoms. The van der Waals surface area contributed by atoms with E-state index in [1.165, 1.54) is 0 Å². The van der Waals surface area contributed by atoms with Gasteiger partial charge in [0.15, 0.2) is 0 Å². The Kier molecular flexibility index (Phi) is 9.43. The molecule has 0 aromatic heterocycles. The second-order valence-electron chi connectivity index (χ2n) is 2.39. The van der Waals surface area contributed by atoms with E-state index >= 15 is 0 Å². The molecule has 0 saturated carbocycles. The molecule has 7 radical (unpaired) electrons. The van der Waals surface area contributed by atoms with Crippen molar-refractivity contribution in [3.8, 4) is 0 Å². The van der Waals surface area contributed by atoms with E-state index in [1.54, 1.807) is 0 Å². The van der Waals surface area contributed by atoms with E-state index in [0.717, 1.165) is 6.42 Å². The van der Waals surface area contributed by atoms with Gasteiger partial charge >= 0.3 is 21.7 Å². The van der Waals surface area contributed by atoms with Crippen molar-refractivity contribution in [3.05, 3.63) is 5.32 Å². The molecule has 0 aliphatic rings. The van der Waals surface area contributed by atoms with Crippen LogP contribution in [0.1, 0.15) is 28.6 Å². The molecular formula is C7H18MgN. The number of rotatable bonds is 2. The van der Waals surface area contributed by atoms with Crippen LogP contribution in [-0.4, -0.2) is 34.3 Å². The van der Waals surface area contributed by atoms with Crippen LogP contribution < -0.4 is 0 Å². The molecule has 53 valence electrons. The summed E-state index contributed by atoms with van der Waals surface area (Å²) in [7, 11) is 1.86. The van der Waals surface area contributed by atoms with Gasteiger partial charge in [-0.1, -0.05) is 27.2 Å². The number of hydrogen-bond donors (Lipinski definition) is 0. The Morgan fingerprint density at radius 3 is 1.78 bits per heavy atom. The lowest BCUT2D eigenvalue weighted by Gasteiger charge is -2.35. The van der Waals surface area contributed by atoms with Crippen molar-refractivity contribution in [2.75, 3.05) is 7.05 Å². The molecule has 0 N–H and O–H groups in total. The third-order valence-electron chi connectivity index (χ3n) is 1.47. The normalized spacial score (nSPS) is 10.0. The van der Waals surface area contributed by atoms with Crippen LogP contribution in [-0.2, 0) is 0 Å². The van der Waals surface area contributed by atoms with Gasteiger partial charge in [0.1, 0.15) is 0 Å². The molecule has 0 aromatic rings. The van der Waals surface area contributed by atoms with Crippen LogP contribution in [0.2, 0.25) is 5.05 Å². The topological polar surface area (TPSA) is 14.1 Å². The van der Waals surface area contributed by atoms with E-state index in [-0.39, 0.29) is 6.97 Å². The van der Waals surface area contributed by atoms with Crippen LogP contribution in [0.15, 0.2) is 0 Å². The summed E-state index contributed by atoms with van der Waals surface area (Å²) in [6.45, 7) is 6.41. The Hall–Kier alpha value is 0.726. The van der Waals surface area contributed by atoms with E-state index in [2.05, 4.69) is 26.1 Å². The predicted octanol–water partition coefficient (Wildman–Crippen LogP) is 2.49. The highest BCUT2D eigenvalue weighted by Gasteiger charge is 1.99. The fourth-order valence-corrected chi connectivity index (χ4v) is 0.158. The third kappa shape index (κ3) is 8.73. The molecule has 0 spiro atoms. The summed E-state index contributed by atoms with van der Waals surface area (Å²) in [6, 6.07) is 0. The van der Waals surface area contributed by atoms with Crippen molar-refractivity contribution < 1.29 is 1.43 Å². The SMILES string of the molecule is CCC(C)(C)[N-]C.[CH3][Mg+2].[H-]. The first-order chi connectivity index (χ1) is 4.12. The standard InChI is InChI=1S/C6H14N.CH3.Mg.H/c1-5-6(2,3)7-4;;;/h5H2,1-4H3;1H3;;/q-1;;+2;-1. The molecule has 0 saturated heterocycles. The molecule has 0 heterocycles. The zero-order chi connectivity index (χ0) is 7.91. The fraction of sp³-hybridized carbons (Fsp3) is 1.00. The Morgan fingerprint density at radius 1 is 1.44 bits per heavy atom. The molecule has 9 heavy (non-hydrogen) atoms. The van der Waals surface area contributed by atoms with Crippen molar-refractivity contribution >= 4 is 21.7 Å². The van der Waals surface area contributed by atoms with Gasteiger partial charge in [-0.2, -0.15) is 7.05 Å². The first kappa shape index (κ1) is 12.4. The molecule has 0 aliphatic heterocycles. The maximum absolute atomic E-state index is 4.14. The maximum atomic E-state index is 4.14. The highest BCUT2D eigenvalue weighted by molar-refractivity contribution is 6.05. The van der Waals surface area contributed by atoms with E-state index in [0.29, 0.717) is 0 Å². The van der Waals surface area contributed by atoms with Crippen molar-refractivity contribution in [2.45, 2.75) is 37.8 Å². The first-order valence-electron chi connectivity index (χ1n) is 3.44. The molecule has 0 aromatic carbocycles. The van der Waals surface area contributed by atoms with Crippen LogP contribution in [0.4, 0.5) is 0 Å². The molecule has 0 unspecified atom stereocenters. The van der Waals surface area contributed by atoms with Gasteiger partial charge in [0, 0.05) is 0 Å². The summed E-state index contributed by atoms with van der Waals surface area (Å²) >= 11 is 1.86. The summed E-state index contributed by atoms with van der Waals surface area (Å²) in [5.74, 6) is 0. The minimum Gasteiger partial charge on any atom is -1.00 e. The van der Waals surface area contributed by atoms with Crippen LogP contribution in [0.3, 0.4) is 0 Å². The van der Waals surface area contributed by atoms with Gasteiger partial charge in [0.2, 0.25) is 0 Å². The molecule has 0 atom stereocenters. The second kappa shape index (κ2) is 6.84. The molecule has 0 fully saturated rings. The summed E-state index contributed by atoms with van der Waals surface area (Å²) in [5, 5.41) is 6.17. The lowest BCUT2D eigenvalue weighted by molar-refractivity contribution is 0.567. The largest absolute Gasteiger partial charge is 1.41 e. The average molecular weight is 141 g/mol. The van der Waals surface area contributed by atoms with E-state index in [9.17, 15) is 0 Å². The average Bonchev–Trinajstić information content (AvgIpc) is 1.93. The Bertz CT molecular complexity index is 51.6. The third-order valence-corrected chi connectivity index (χ3v) is 1.47. The monoisotopic (exact) mass is 140 g/mol. The number of nitrogens with zero attached hydrogens (tertiary/aromatic N) is 1. The van der Waals surface area contributed by atoms with Gasteiger partial charge in [-0.3, -0.25) is 0 Å². The lowest BCUT2D eigenvalue weighted by atomic mass is 10.0. The van der Waals surface area contributed by atoms with Gasteiger partial charge < -0.3 is 6.74 Å². The van der Waals surface area contributed by atoms with E-state index in [4.69, 9.17) is 0 Å². The minimum atomic E-state index is 0. The summed E-state index contributed by atoms with van der Waals surface area (Å²) < 4.78 is 0. The molecule has 0 amide bonds. The zero-order valence-corrected chi connectivity index (χ0v) is 8.78. The van der Waals surface area contributed by atoms with Gasteiger partial charge in [-0.15, -0.1) is 5.54 Å². The first-order valence-corrected chi connectivity index (χ1v) is 4.85. The Labute approximate surface area is 73.5 Å². The van der Waals surface area contributed by atoms with Gasteiger partial charge in [0.05, 0.1) is 0 Å². The molecule has 1 nitrogen and oxygen atoms in total. The van der Waals surface area contributed by atoms with Crippen molar-refractivity contribution in [2.24, 2.45) is 0 Å². The Morgan fingerprint density at radius 2 is 1.78 bits per heavy atom. The van der Waals surface area contributed by atoms with E-state index in [1.807, 2.05) is 33.8 Å².